The van der Waals surface area contributed by atoms with E-state index in [4.69, 9.17) is 4.74 Å². The average molecular weight is 234 g/mol. The van der Waals surface area contributed by atoms with E-state index >= 15 is 0 Å². The zero-order valence-electron chi connectivity index (χ0n) is 10.9. The highest BCUT2D eigenvalue weighted by Gasteiger charge is 2.08. The monoisotopic (exact) mass is 234 g/mol. The Labute approximate surface area is 104 Å². The molecule has 1 aromatic rings. The summed E-state index contributed by atoms with van der Waals surface area (Å²) in [6.45, 7) is 7.86. The maximum atomic E-state index is 5.22. The molecular formula is C14H22N2O. The molecule has 0 N–H and O–H groups in total. The van der Waals surface area contributed by atoms with Crippen molar-refractivity contribution in [3.8, 4) is 0 Å². The van der Waals surface area contributed by atoms with Crippen molar-refractivity contribution in [1.29, 1.82) is 0 Å². The summed E-state index contributed by atoms with van der Waals surface area (Å²) in [6.07, 6.45) is 5.42. The normalized spacial score (nSPS) is 10.0. The van der Waals surface area contributed by atoms with Crippen LogP contribution in [-0.4, -0.2) is 23.5 Å². The molecule has 0 spiro atoms. The molecule has 0 saturated heterocycles. The topological polar surface area (TPSA) is 25.4 Å². The Kier molecular flexibility index (Phi) is 6.15. The first kappa shape index (κ1) is 13.6. The summed E-state index contributed by atoms with van der Waals surface area (Å²) in [4.78, 5) is 6.46. The van der Waals surface area contributed by atoms with Crippen LogP contribution in [0.25, 0.3) is 0 Å². The van der Waals surface area contributed by atoms with Gasteiger partial charge in [0.15, 0.2) is 5.88 Å². The summed E-state index contributed by atoms with van der Waals surface area (Å²) in [5.41, 5.74) is 1.04. The number of rotatable bonds is 8. The minimum atomic E-state index is 0.715. The van der Waals surface area contributed by atoms with Crippen LogP contribution >= 0.6 is 0 Å². The summed E-state index contributed by atoms with van der Waals surface area (Å²) in [5, 5.41) is 0. The second-order valence-corrected chi connectivity index (χ2v) is 4.05. The molecule has 0 fully saturated rings. The lowest BCUT2D eigenvalue weighted by Gasteiger charge is -2.24. The minimum Gasteiger partial charge on any atom is -0.483 e. The number of hydrogen-bond acceptors (Lipinski definition) is 3. The third-order valence-corrected chi connectivity index (χ3v) is 2.70. The maximum absolute atomic E-state index is 5.22. The maximum Gasteiger partial charge on any atom is 0.181 e. The standard InChI is InChI=1S/C14H22N2O/c1-4-5-8-11-16(13(2)17-3)12-14-9-6-7-10-15-14/h6-7,9-10H,2,4-5,8,11-12H2,1,3H3. The summed E-state index contributed by atoms with van der Waals surface area (Å²) >= 11 is 0. The van der Waals surface area contributed by atoms with E-state index in [9.17, 15) is 0 Å². The van der Waals surface area contributed by atoms with E-state index in [1.54, 1.807) is 7.11 Å². The predicted octanol–water partition coefficient (Wildman–Crippen LogP) is 3.19. The molecule has 3 heteroatoms. The minimum absolute atomic E-state index is 0.715. The van der Waals surface area contributed by atoms with E-state index in [-0.39, 0.29) is 0 Å². The van der Waals surface area contributed by atoms with Crippen molar-refractivity contribution in [1.82, 2.24) is 9.88 Å². The van der Waals surface area contributed by atoms with Gasteiger partial charge in [-0.05, 0) is 25.1 Å². The zero-order valence-corrected chi connectivity index (χ0v) is 10.9. The van der Waals surface area contributed by atoms with Gasteiger partial charge in [-0.3, -0.25) is 4.98 Å². The van der Waals surface area contributed by atoms with Crippen molar-refractivity contribution in [2.75, 3.05) is 13.7 Å². The molecular weight excluding hydrogens is 212 g/mol. The average Bonchev–Trinajstić information content (AvgIpc) is 2.38. The first-order valence-electron chi connectivity index (χ1n) is 6.15. The van der Waals surface area contributed by atoms with E-state index in [1.165, 1.54) is 12.8 Å². The molecule has 0 aliphatic carbocycles. The number of unbranched alkanes of at least 4 members (excludes halogenated alkanes) is 2. The highest BCUT2D eigenvalue weighted by atomic mass is 16.5. The van der Waals surface area contributed by atoms with E-state index < -0.39 is 0 Å². The van der Waals surface area contributed by atoms with Gasteiger partial charge in [-0.1, -0.05) is 25.8 Å². The molecule has 1 aromatic heterocycles. The Bertz CT molecular complexity index is 324. The smallest absolute Gasteiger partial charge is 0.181 e. The third kappa shape index (κ3) is 4.89. The number of pyridine rings is 1. The lowest BCUT2D eigenvalue weighted by atomic mass is 10.2. The molecule has 0 aliphatic rings. The largest absolute Gasteiger partial charge is 0.483 e. The highest BCUT2D eigenvalue weighted by Crippen LogP contribution is 2.10. The van der Waals surface area contributed by atoms with Gasteiger partial charge in [0.25, 0.3) is 0 Å². The Hall–Kier alpha value is -1.51. The molecule has 3 nitrogen and oxygen atoms in total. The van der Waals surface area contributed by atoms with E-state index in [1.807, 2.05) is 24.4 Å². The Morgan fingerprint density at radius 1 is 1.41 bits per heavy atom. The van der Waals surface area contributed by atoms with Crippen LogP contribution in [0, 0.1) is 0 Å². The fourth-order valence-corrected chi connectivity index (χ4v) is 1.66. The fraction of sp³-hybridized carbons (Fsp3) is 0.500. The fourth-order valence-electron chi connectivity index (χ4n) is 1.66. The molecule has 94 valence electrons. The van der Waals surface area contributed by atoms with Crippen LogP contribution < -0.4 is 0 Å². The van der Waals surface area contributed by atoms with E-state index in [0.29, 0.717) is 5.88 Å². The van der Waals surface area contributed by atoms with Gasteiger partial charge >= 0.3 is 0 Å². The van der Waals surface area contributed by atoms with Crippen LogP contribution in [0.2, 0.25) is 0 Å². The van der Waals surface area contributed by atoms with Crippen LogP contribution in [0.15, 0.2) is 36.9 Å². The number of nitrogens with zero attached hydrogens (tertiary/aromatic N) is 2. The predicted molar refractivity (Wildman–Crippen MR) is 70.3 cm³/mol. The molecule has 0 aromatic carbocycles. The SMILES string of the molecule is C=C(OC)N(CCCCC)Cc1ccccn1. The Morgan fingerprint density at radius 3 is 2.82 bits per heavy atom. The number of ether oxygens (including phenoxy) is 1. The van der Waals surface area contributed by atoms with Gasteiger partial charge in [0.05, 0.1) is 19.3 Å². The van der Waals surface area contributed by atoms with Gasteiger partial charge in [-0.25, -0.2) is 0 Å². The summed E-state index contributed by atoms with van der Waals surface area (Å²) in [7, 11) is 1.66. The highest BCUT2D eigenvalue weighted by molar-refractivity contribution is 5.04. The number of hydrogen-bond donors (Lipinski definition) is 0. The van der Waals surface area contributed by atoms with Gasteiger partial charge in [0.1, 0.15) is 0 Å². The van der Waals surface area contributed by atoms with Gasteiger partial charge < -0.3 is 9.64 Å². The van der Waals surface area contributed by atoms with Crippen molar-refractivity contribution in [2.45, 2.75) is 32.7 Å². The van der Waals surface area contributed by atoms with E-state index in [2.05, 4.69) is 23.4 Å². The van der Waals surface area contributed by atoms with Gasteiger partial charge in [0.2, 0.25) is 0 Å². The Balaban J connectivity index is 2.54. The molecule has 0 atom stereocenters. The summed E-state index contributed by atoms with van der Waals surface area (Å²) < 4.78 is 5.22. The Morgan fingerprint density at radius 2 is 2.24 bits per heavy atom. The molecule has 0 saturated carbocycles. The van der Waals surface area contributed by atoms with Crippen molar-refractivity contribution in [3.05, 3.63) is 42.6 Å². The lowest BCUT2D eigenvalue weighted by Crippen LogP contribution is -2.24. The molecule has 0 unspecified atom stereocenters. The van der Waals surface area contributed by atoms with Crippen LogP contribution in [0.4, 0.5) is 0 Å². The third-order valence-electron chi connectivity index (χ3n) is 2.70. The molecule has 17 heavy (non-hydrogen) atoms. The molecule has 0 amide bonds. The number of aromatic nitrogens is 1. The quantitative estimate of drug-likeness (QED) is 0.510. The molecule has 0 radical (unpaired) electrons. The first-order chi connectivity index (χ1) is 8.27. The van der Waals surface area contributed by atoms with E-state index in [0.717, 1.165) is 25.2 Å². The van der Waals surface area contributed by atoms with Crippen LogP contribution in [0.3, 0.4) is 0 Å². The molecule has 1 heterocycles. The molecule has 0 aliphatic heterocycles. The molecule has 0 bridgehead atoms. The van der Waals surface area contributed by atoms with Crippen LogP contribution in [-0.2, 0) is 11.3 Å². The van der Waals surface area contributed by atoms with Crippen molar-refractivity contribution in [2.24, 2.45) is 0 Å². The molecule has 1 rings (SSSR count). The van der Waals surface area contributed by atoms with Crippen LogP contribution in [0.5, 0.6) is 0 Å². The van der Waals surface area contributed by atoms with Crippen molar-refractivity contribution < 1.29 is 4.74 Å². The summed E-state index contributed by atoms with van der Waals surface area (Å²) in [6, 6.07) is 5.95. The second-order valence-electron chi connectivity index (χ2n) is 4.05. The van der Waals surface area contributed by atoms with Crippen molar-refractivity contribution in [3.63, 3.8) is 0 Å². The van der Waals surface area contributed by atoms with Crippen molar-refractivity contribution >= 4 is 0 Å². The zero-order chi connectivity index (χ0) is 12.5. The van der Waals surface area contributed by atoms with Gasteiger partial charge in [0, 0.05) is 12.7 Å². The first-order valence-corrected chi connectivity index (χ1v) is 6.15. The van der Waals surface area contributed by atoms with Gasteiger partial charge in [-0.15, -0.1) is 0 Å². The van der Waals surface area contributed by atoms with Gasteiger partial charge in [-0.2, -0.15) is 0 Å². The second kappa shape index (κ2) is 7.71. The number of methoxy groups -OCH3 is 1. The summed E-state index contributed by atoms with van der Waals surface area (Å²) in [5.74, 6) is 0.715. The lowest BCUT2D eigenvalue weighted by molar-refractivity contribution is 0.146. The van der Waals surface area contributed by atoms with Crippen LogP contribution in [0.1, 0.15) is 31.9 Å².